The highest BCUT2D eigenvalue weighted by atomic mass is 127. The number of hydrogen-bond acceptors (Lipinski definition) is 12. The second kappa shape index (κ2) is 52.6. The van der Waals surface area contributed by atoms with Crippen LogP contribution in [-0.4, -0.2) is 74.5 Å². The fraction of sp³-hybridized carbons (Fsp3) is 0.731. The van der Waals surface area contributed by atoms with Gasteiger partial charge in [-0.2, -0.15) is 0 Å². The number of carbonyl (C=O) groups excluding carboxylic acids is 3. The Hall–Kier alpha value is -0.0700. The molecule has 0 aromatic carbocycles. The minimum Gasteiger partial charge on any atom is -0.469 e. The summed E-state index contributed by atoms with van der Waals surface area (Å²) in [7, 11) is 5.03. The van der Waals surface area contributed by atoms with Gasteiger partial charge >= 0.3 is 17.9 Å². The summed E-state index contributed by atoms with van der Waals surface area (Å²) < 4.78 is 19.1. The molecule has 0 unspecified atom stereocenters. The molecule has 3 atom stereocenters. The van der Waals surface area contributed by atoms with Crippen molar-refractivity contribution < 1.29 is 38.4 Å². The molecular weight excluding hydrogens is 763 g/mol. The van der Waals surface area contributed by atoms with Crippen LogP contribution in [-0.2, 0) is 87.0 Å². The smallest absolute Gasteiger partial charge is 0.310 e. The first-order valence-electron chi connectivity index (χ1n) is 11.8. The van der Waals surface area contributed by atoms with Gasteiger partial charge in [0.1, 0.15) is 0 Å². The lowest BCUT2D eigenvalue weighted by molar-refractivity contribution is -0.146. The van der Waals surface area contributed by atoms with Gasteiger partial charge in [0.2, 0.25) is 0 Å². The van der Waals surface area contributed by atoms with Gasteiger partial charge in [-0.3, -0.25) is 14.4 Å². The lowest BCUT2D eigenvalue weighted by Gasteiger charge is -2.05. The van der Waals surface area contributed by atoms with Crippen molar-refractivity contribution in [3.63, 3.8) is 0 Å². The standard InChI is InChI=1S/C8H14O2.C5H9IO2.C5H10O3.C4H8O.C3H5Cl.CH4.S3.S2/c1-4-5-6-7(2)8(9)10-3;2*1-4(3-6)5(7)8-2;1-2-4-5-3-1;1-2-3-4;;1-3-2;1-2/h4,7H,1,5-6H2,2-3H3;4H,3H2,1-2H3;4,6H,3H2,1-2H3;1-4H2;2H,1,3H2;1H4;;/t7-;2*4-;;;;;/m000...../s1. The van der Waals surface area contributed by atoms with Crippen molar-refractivity contribution in [2.45, 2.75) is 53.9 Å². The van der Waals surface area contributed by atoms with Gasteiger partial charge in [-0.25, -0.2) is 0 Å². The Morgan fingerprint density at radius 1 is 0.927 bits per heavy atom. The van der Waals surface area contributed by atoms with Crippen LogP contribution in [0.4, 0.5) is 0 Å². The number of ether oxygens (including phenoxy) is 4. The van der Waals surface area contributed by atoms with E-state index in [1.165, 1.54) is 34.2 Å². The number of esters is 3. The number of allylic oxidation sites excluding steroid dienone is 2. The van der Waals surface area contributed by atoms with Gasteiger partial charge in [-0.15, -0.1) is 24.8 Å². The average molecular weight is 813 g/mol. The molecule has 0 aromatic heterocycles. The molecule has 0 radical (unpaired) electrons. The van der Waals surface area contributed by atoms with Gasteiger partial charge in [0, 0.05) is 77.2 Å². The zero-order valence-corrected chi connectivity index (χ0v) is 31.3. The first kappa shape index (κ1) is 56.7. The molecule has 1 aliphatic heterocycles. The van der Waals surface area contributed by atoms with Gasteiger partial charge < -0.3 is 24.1 Å². The Bertz CT molecular complexity index is 609. The summed E-state index contributed by atoms with van der Waals surface area (Å²) in [6.45, 7) is 14.1. The Labute approximate surface area is 290 Å². The first-order valence-corrected chi connectivity index (χ1v) is 17.9. The van der Waals surface area contributed by atoms with Crippen LogP contribution in [0.3, 0.4) is 0 Å². The van der Waals surface area contributed by atoms with E-state index in [1.807, 2.05) is 13.8 Å². The van der Waals surface area contributed by atoms with Crippen LogP contribution in [0.1, 0.15) is 53.9 Å². The molecule has 0 bridgehead atoms. The summed E-state index contributed by atoms with van der Waals surface area (Å²) >= 11 is 22.8. The van der Waals surface area contributed by atoms with Gasteiger partial charge in [-0.1, -0.05) is 56.0 Å². The molecule has 0 aromatic rings. The molecule has 1 saturated heterocycles. The number of carbonyl (C=O) groups is 3. The molecule has 1 aliphatic rings. The molecule has 0 aliphatic carbocycles. The van der Waals surface area contributed by atoms with Crippen LogP contribution < -0.4 is 0 Å². The Morgan fingerprint density at radius 2 is 1.27 bits per heavy atom. The summed E-state index contributed by atoms with van der Waals surface area (Å²) in [5.74, 6) is -0.419. The van der Waals surface area contributed by atoms with E-state index in [0.717, 1.165) is 39.4 Å². The number of rotatable bonds is 9. The topological polar surface area (TPSA) is 108 Å². The van der Waals surface area contributed by atoms with E-state index in [1.54, 1.807) is 19.1 Å². The summed E-state index contributed by atoms with van der Waals surface area (Å²) in [5.41, 5.74) is 0. The second-order valence-corrected chi connectivity index (χ2v) is 10.3. The van der Waals surface area contributed by atoms with Gasteiger partial charge in [-0.05, 0) is 32.6 Å². The Balaban J connectivity index is -0.0000000689. The van der Waals surface area contributed by atoms with Crippen molar-refractivity contribution in [3.05, 3.63) is 25.3 Å². The van der Waals surface area contributed by atoms with E-state index in [2.05, 4.69) is 94.7 Å². The van der Waals surface area contributed by atoms with Gasteiger partial charge in [0.15, 0.2) is 0 Å². The van der Waals surface area contributed by atoms with E-state index in [4.69, 9.17) is 21.4 Å². The monoisotopic (exact) mass is 812 g/mol. The Morgan fingerprint density at radius 3 is 1.44 bits per heavy atom. The van der Waals surface area contributed by atoms with E-state index in [9.17, 15) is 14.4 Å². The second-order valence-electron chi connectivity index (χ2n) is 7.31. The fourth-order valence-corrected chi connectivity index (χ4v) is 2.10. The third-order valence-corrected chi connectivity index (χ3v) is 5.60. The van der Waals surface area contributed by atoms with Gasteiger partial charge in [0.05, 0.1) is 45.7 Å². The maximum absolute atomic E-state index is 10.8. The van der Waals surface area contributed by atoms with Crippen LogP contribution in [0, 0.1) is 17.8 Å². The van der Waals surface area contributed by atoms with Crippen molar-refractivity contribution in [1.29, 1.82) is 0 Å². The van der Waals surface area contributed by atoms with Crippen molar-refractivity contribution in [3.8, 4) is 0 Å². The number of hydrogen-bond donors (Lipinski definition) is 1. The molecule has 1 rings (SSSR count). The number of aliphatic hydroxyl groups excluding tert-OH is 1. The highest BCUT2D eigenvalue weighted by molar-refractivity contribution is 14.1. The van der Waals surface area contributed by atoms with Crippen molar-refractivity contribution in [2.75, 3.05) is 51.5 Å². The van der Waals surface area contributed by atoms with E-state index >= 15 is 0 Å². The molecule has 1 N–H and O–H groups in total. The number of halogens is 2. The highest BCUT2D eigenvalue weighted by Crippen LogP contribution is 2.06. The highest BCUT2D eigenvalue weighted by Gasteiger charge is 2.11. The minimum atomic E-state index is -0.389. The maximum Gasteiger partial charge on any atom is 0.310 e. The van der Waals surface area contributed by atoms with Crippen molar-refractivity contribution in [1.82, 2.24) is 0 Å². The summed E-state index contributed by atoms with van der Waals surface area (Å²) in [5, 5.41) is 8.34. The molecule has 1 fully saturated rings. The molecule has 0 spiro atoms. The third-order valence-electron chi connectivity index (χ3n) is 4.06. The predicted molar refractivity (Wildman–Crippen MR) is 193 cm³/mol. The van der Waals surface area contributed by atoms with E-state index < -0.39 is 0 Å². The summed E-state index contributed by atoms with van der Waals surface area (Å²) in [4.78, 5) is 31.6. The van der Waals surface area contributed by atoms with Crippen LogP contribution >= 0.6 is 34.2 Å². The molecule has 246 valence electrons. The summed E-state index contributed by atoms with van der Waals surface area (Å²) in [6, 6.07) is 0. The van der Waals surface area contributed by atoms with E-state index in [0.29, 0.717) is 5.88 Å². The SMILES string of the molecule is C.C1CCOC1.C=CCC[C@H](C)C(=O)OC.C=CCCl.COC(=O)[C@@H](C)CI.COC(=O)[C@@H](C)CO.S=S.S=S=S. The van der Waals surface area contributed by atoms with Gasteiger partial charge in [0.25, 0.3) is 0 Å². The number of aliphatic hydroxyl groups is 1. The number of methoxy groups -OCH3 is 3. The molecule has 15 heteroatoms. The minimum absolute atomic E-state index is 0. The lowest BCUT2D eigenvalue weighted by atomic mass is 10.1. The zero-order valence-electron chi connectivity index (χ0n) is 24.3. The van der Waals surface area contributed by atoms with Crippen LogP contribution in [0.25, 0.3) is 0 Å². The zero-order chi connectivity index (χ0) is 32.8. The number of alkyl halides is 2. The predicted octanol–water partition coefficient (Wildman–Crippen LogP) is 5.61. The third kappa shape index (κ3) is 56.3. The van der Waals surface area contributed by atoms with Crippen molar-refractivity contribution >= 4 is 106 Å². The lowest BCUT2D eigenvalue weighted by Crippen LogP contribution is -2.15. The summed E-state index contributed by atoms with van der Waals surface area (Å²) in [6.07, 6.45) is 7.70. The average Bonchev–Trinajstić information content (AvgIpc) is 3.60. The fourth-order valence-electron chi connectivity index (χ4n) is 1.74. The van der Waals surface area contributed by atoms with Crippen LogP contribution in [0.2, 0.25) is 0 Å². The maximum atomic E-state index is 10.8. The molecule has 0 amide bonds. The molecule has 1 heterocycles. The van der Waals surface area contributed by atoms with Crippen LogP contribution in [0.15, 0.2) is 25.3 Å². The van der Waals surface area contributed by atoms with Crippen molar-refractivity contribution in [2.24, 2.45) is 17.8 Å². The largest absolute Gasteiger partial charge is 0.469 e. The first-order chi connectivity index (χ1) is 19.0. The van der Waals surface area contributed by atoms with E-state index in [-0.39, 0.29) is 49.7 Å². The molecule has 8 nitrogen and oxygen atoms in total. The normalized spacial score (nSPS) is 11.9. The molecule has 0 saturated carbocycles. The quantitative estimate of drug-likeness (QED) is 0.103. The molecular formula is C26H50ClIO8S5. The van der Waals surface area contributed by atoms with Crippen LogP contribution in [0.5, 0.6) is 0 Å². The molecule has 41 heavy (non-hydrogen) atoms. The Kier molecular flexibility index (Phi) is 72.7.